The van der Waals surface area contributed by atoms with Gasteiger partial charge in [-0.3, -0.25) is 14.2 Å². The summed E-state index contributed by atoms with van der Waals surface area (Å²) in [5, 5.41) is -0.595. The Labute approximate surface area is 138 Å². The van der Waals surface area contributed by atoms with E-state index in [0.29, 0.717) is 5.39 Å². The number of halogens is 4. The van der Waals surface area contributed by atoms with Crippen molar-refractivity contribution < 1.29 is 18.0 Å². The summed E-state index contributed by atoms with van der Waals surface area (Å²) in [4.78, 5) is 24.1. The Kier molecular flexibility index (Phi) is 3.93. The molecule has 1 heterocycles. The first-order chi connectivity index (χ1) is 11.3. The van der Waals surface area contributed by atoms with Crippen LogP contribution in [0.3, 0.4) is 0 Å². The molecule has 0 atom stereocenters. The van der Waals surface area contributed by atoms with Crippen LogP contribution in [0.2, 0.25) is 0 Å². The second kappa shape index (κ2) is 5.79. The fourth-order valence-corrected chi connectivity index (χ4v) is 2.68. The largest absolute Gasteiger partial charge is 0.418 e. The number of hydrogen-bond acceptors (Lipinski definition) is 2. The molecule has 0 N–H and O–H groups in total. The minimum atomic E-state index is -4.65. The molecule has 0 aliphatic heterocycles. The van der Waals surface area contributed by atoms with Gasteiger partial charge in [0.15, 0.2) is 0 Å². The normalized spacial score (nSPS) is 11.7. The summed E-state index contributed by atoms with van der Waals surface area (Å²) in [5.41, 5.74) is -2.36. The van der Waals surface area contributed by atoms with Crippen LogP contribution >= 0.6 is 11.6 Å². The monoisotopic (exact) mass is 351 g/mol. The van der Waals surface area contributed by atoms with Crippen LogP contribution in [0.25, 0.3) is 16.6 Å². The lowest BCUT2D eigenvalue weighted by Gasteiger charge is -2.17. The van der Waals surface area contributed by atoms with E-state index < -0.39 is 22.5 Å². The maximum atomic E-state index is 13.3. The maximum absolute atomic E-state index is 13.3. The number of pyridine rings is 1. The smallest absolute Gasteiger partial charge is 0.276 e. The zero-order valence-corrected chi connectivity index (χ0v) is 12.7. The number of hydrogen-bond donors (Lipinski definition) is 0. The molecule has 0 aliphatic rings. The third kappa shape index (κ3) is 2.69. The average molecular weight is 352 g/mol. The minimum Gasteiger partial charge on any atom is -0.276 e. The highest BCUT2D eigenvalue weighted by Gasteiger charge is 2.34. The van der Waals surface area contributed by atoms with Crippen LogP contribution in [0, 0.1) is 0 Å². The molecule has 0 saturated heterocycles. The summed E-state index contributed by atoms with van der Waals surface area (Å²) in [5.74, 6) is 0. The van der Waals surface area contributed by atoms with Crippen LogP contribution in [0.5, 0.6) is 0 Å². The highest BCUT2D eigenvalue weighted by molar-refractivity contribution is 6.67. The first kappa shape index (κ1) is 16.3. The molecule has 2 aromatic carbocycles. The summed E-state index contributed by atoms with van der Waals surface area (Å²) >= 11 is 5.42. The molecule has 0 saturated carbocycles. The molecule has 0 radical (unpaired) electrons. The molecule has 3 rings (SSSR count). The van der Waals surface area contributed by atoms with Crippen molar-refractivity contribution in [3.8, 4) is 5.69 Å². The second-order valence-corrected chi connectivity index (χ2v) is 5.39. The van der Waals surface area contributed by atoms with Gasteiger partial charge in [0, 0.05) is 0 Å². The molecule has 0 amide bonds. The number of para-hydroxylation sites is 2. The molecule has 0 spiro atoms. The molecule has 24 heavy (non-hydrogen) atoms. The van der Waals surface area contributed by atoms with Gasteiger partial charge in [-0.25, -0.2) is 0 Å². The minimum absolute atomic E-state index is 0.251. The number of carbonyl (C=O) groups excluding carboxylic acids is 1. The van der Waals surface area contributed by atoms with E-state index in [2.05, 4.69) is 0 Å². The van der Waals surface area contributed by atoms with E-state index in [4.69, 9.17) is 11.6 Å². The van der Waals surface area contributed by atoms with Gasteiger partial charge < -0.3 is 0 Å². The van der Waals surface area contributed by atoms with Crippen LogP contribution in [0.4, 0.5) is 13.2 Å². The Bertz CT molecular complexity index is 1010. The van der Waals surface area contributed by atoms with Gasteiger partial charge in [-0.1, -0.05) is 30.3 Å². The Morgan fingerprint density at radius 3 is 2.29 bits per heavy atom. The van der Waals surface area contributed by atoms with Crippen molar-refractivity contribution in [2.45, 2.75) is 6.18 Å². The average Bonchev–Trinajstić information content (AvgIpc) is 2.53. The number of fused-ring (bicyclic) bond motifs is 1. The van der Waals surface area contributed by atoms with Crippen molar-refractivity contribution in [1.82, 2.24) is 4.57 Å². The molecule has 7 heteroatoms. The molecule has 3 nitrogen and oxygen atoms in total. The van der Waals surface area contributed by atoms with E-state index in [1.807, 2.05) is 0 Å². The van der Waals surface area contributed by atoms with Crippen LogP contribution in [0.15, 0.2) is 59.4 Å². The number of rotatable bonds is 2. The lowest BCUT2D eigenvalue weighted by Crippen LogP contribution is -2.26. The summed E-state index contributed by atoms with van der Waals surface area (Å²) in [6.45, 7) is 0. The van der Waals surface area contributed by atoms with Crippen molar-refractivity contribution in [3.05, 3.63) is 76.1 Å². The molecular weight excluding hydrogens is 343 g/mol. The lowest BCUT2D eigenvalue weighted by atomic mass is 10.1. The summed E-state index contributed by atoms with van der Waals surface area (Å²) in [7, 11) is 0. The van der Waals surface area contributed by atoms with Crippen LogP contribution in [0.1, 0.15) is 15.9 Å². The van der Waals surface area contributed by atoms with E-state index >= 15 is 0 Å². The lowest BCUT2D eigenvalue weighted by molar-refractivity contribution is -0.137. The SMILES string of the molecule is O=C(Cl)c1cc2ccccc2n(-c2ccccc2C(F)(F)F)c1=O. The van der Waals surface area contributed by atoms with Gasteiger partial charge in [-0.05, 0) is 41.3 Å². The molecule has 0 unspecified atom stereocenters. The van der Waals surface area contributed by atoms with Gasteiger partial charge in [-0.2, -0.15) is 13.2 Å². The summed E-state index contributed by atoms with van der Waals surface area (Å²) < 4.78 is 40.8. The van der Waals surface area contributed by atoms with E-state index in [9.17, 15) is 22.8 Å². The second-order valence-electron chi connectivity index (χ2n) is 5.05. The summed E-state index contributed by atoms with van der Waals surface area (Å²) in [6.07, 6.45) is -4.65. The summed E-state index contributed by atoms with van der Waals surface area (Å²) in [6, 6.07) is 12.3. The number of aromatic nitrogens is 1. The van der Waals surface area contributed by atoms with E-state index in [1.54, 1.807) is 18.2 Å². The zero-order valence-electron chi connectivity index (χ0n) is 12.0. The fourth-order valence-electron chi connectivity index (χ4n) is 2.55. The molecular formula is C17H9ClF3NO2. The van der Waals surface area contributed by atoms with Gasteiger partial charge in [0.25, 0.3) is 10.8 Å². The highest BCUT2D eigenvalue weighted by atomic mass is 35.5. The molecule has 0 fully saturated rings. The van der Waals surface area contributed by atoms with Crippen molar-refractivity contribution in [3.63, 3.8) is 0 Å². The van der Waals surface area contributed by atoms with Gasteiger partial charge in [-0.15, -0.1) is 0 Å². The maximum Gasteiger partial charge on any atom is 0.418 e. The predicted octanol–water partition coefficient (Wildman–Crippen LogP) is 4.39. The van der Waals surface area contributed by atoms with Crippen LogP contribution in [-0.4, -0.2) is 9.81 Å². The first-order valence-electron chi connectivity index (χ1n) is 6.82. The van der Waals surface area contributed by atoms with E-state index in [-0.39, 0.29) is 16.8 Å². The quantitative estimate of drug-likeness (QED) is 0.642. The molecule has 1 aromatic heterocycles. The Morgan fingerprint density at radius 1 is 1.00 bits per heavy atom. The number of alkyl halides is 3. The highest BCUT2D eigenvalue weighted by Crippen LogP contribution is 2.34. The van der Waals surface area contributed by atoms with Gasteiger partial charge >= 0.3 is 6.18 Å². The van der Waals surface area contributed by atoms with Crippen LogP contribution in [-0.2, 0) is 6.18 Å². The number of nitrogens with zero attached hydrogens (tertiary/aromatic N) is 1. The van der Waals surface area contributed by atoms with Crippen molar-refractivity contribution in [2.75, 3.05) is 0 Å². The van der Waals surface area contributed by atoms with Gasteiger partial charge in [0.2, 0.25) is 0 Å². The molecule has 3 aromatic rings. The fraction of sp³-hybridized carbons (Fsp3) is 0.0588. The standard InChI is InChI=1S/C17H9ClF3NO2/c18-15(23)11-9-10-5-1-3-7-13(10)22(16(11)24)14-8-4-2-6-12(14)17(19,20)21/h1-9H. The third-order valence-corrected chi connectivity index (χ3v) is 3.78. The van der Waals surface area contributed by atoms with Crippen LogP contribution < -0.4 is 5.56 Å². The number of carbonyl (C=O) groups is 1. The Morgan fingerprint density at radius 2 is 1.62 bits per heavy atom. The Balaban J connectivity index is 2.50. The topological polar surface area (TPSA) is 39.1 Å². The molecule has 122 valence electrons. The predicted molar refractivity (Wildman–Crippen MR) is 84.7 cm³/mol. The van der Waals surface area contributed by atoms with Crippen molar-refractivity contribution in [1.29, 1.82) is 0 Å². The Hall–Kier alpha value is -2.60. The van der Waals surface area contributed by atoms with Gasteiger partial charge in [0.1, 0.15) is 5.56 Å². The zero-order chi connectivity index (χ0) is 17.5. The van der Waals surface area contributed by atoms with Crippen molar-refractivity contribution in [2.24, 2.45) is 0 Å². The third-order valence-electron chi connectivity index (χ3n) is 3.57. The van der Waals surface area contributed by atoms with E-state index in [0.717, 1.165) is 10.6 Å². The van der Waals surface area contributed by atoms with Crippen molar-refractivity contribution >= 4 is 27.7 Å². The molecule has 0 aliphatic carbocycles. The molecule has 0 bridgehead atoms. The van der Waals surface area contributed by atoms with Gasteiger partial charge in [0.05, 0.1) is 16.8 Å². The van der Waals surface area contributed by atoms with E-state index in [1.165, 1.54) is 30.3 Å². The first-order valence-corrected chi connectivity index (χ1v) is 7.20. The number of benzene rings is 2.